The lowest BCUT2D eigenvalue weighted by molar-refractivity contribution is -0.274. The van der Waals surface area contributed by atoms with Crippen molar-refractivity contribution in [2.75, 3.05) is 6.54 Å². The average molecular weight is 464 g/mol. The van der Waals surface area contributed by atoms with Gasteiger partial charge in [0.15, 0.2) is 0 Å². The van der Waals surface area contributed by atoms with E-state index in [1.54, 1.807) is 24.3 Å². The van der Waals surface area contributed by atoms with Crippen molar-refractivity contribution in [1.29, 1.82) is 0 Å². The molecule has 0 spiro atoms. The predicted molar refractivity (Wildman–Crippen MR) is 96.4 cm³/mol. The summed E-state index contributed by atoms with van der Waals surface area (Å²) in [5, 5.41) is 22.5. The number of aliphatic hydroxyl groups excluding tert-OH is 2. The van der Waals surface area contributed by atoms with Crippen molar-refractivity contribution in [2.45, 2.75) is 25.2 Å². The number of aliphatic hydroxyl groups is 2. The Bertz CT molecular complexity index is 789. The van der Waals surface area contributed by atoms with Crippen molar-refractivity contribution in [3.63, 3.8) is 0 Å². The number of benzene rings is 2. The predicted octanol–water partition coefficient (Wildman–Crippen LogP) is 3.67. The van der Waals surface area contributed by atoms with Crippen molar-refractivity contribution in [2.24, 2.45) is 0 Å². The molecular formula is C18H17BrF3NO5. The minimum atomic E-state index is -4.90. The van der Waals surface area contributed by atoms with E-state index < -0.39 is 30.4 Å². The summed E-state index contributed by atoms with van der Waals surface area (Å²) in [5.41, 5.74) is 0.741. The highest BCUT2D eigenvalue weighted by atomic mass is 79.9. The molecule has 3 N–H and O–H groups in total. The third-order valence-electron chi connectivity index (χ3n) is 3.50. The smallest absolute Gasteiger partial charge is 0.445 e. The van der Waals surface area contributed by atoms with E-state index in [2.05, 4.69) is 26.0 Å². The standard InChI is InChI=1S/C18H17BrF3NO5/c19-13-6-12(7-14(8-13)28-18(20,21)22)16(25)15(24)9-23-17(26)27-10-11-4-2-1-3-5-11/h1-8,15-16,24-25H,9-10H2,(H,23,26). The first-order chi connectivity index (χ1) is 13.1. The summed E-state index contributed by atoms with van der Waals surface area (Å²) in [7, 11) is 0. The number of carbonyl (C=O) groups excluding carboxylic acids is 1. The van der Waals surface area contributed by atoms with E-state index in [9.17, 15) is 28.2 Å². The van der Waals surface area contributed by atoms with Crippen LogP contribution in [-0.2, 0) is 11.3 Å². The fraction of sp³-hybridized carbons (Fsp3) is 0.278. The van der Waals surface area contributed by atoms with Crippen LogP contribution in [0.1, 0.15) is 17.2 Å². The number of hydrogen-bond donors (Lipinski definition) is 3. The quantitative estimate of drug-likeness (QED) is 0.582. The molecule has 0 radical (unpaired) electrons. The highest BCUT2D eigenvalue weighted by molar-refractivity contribution is 9.10. The van der Waals surface area contributed by atoms with Gasteiger partial charge in [0.25, 0.3) is 0 Å². The summed E-state index contributed by atoms with van der Waals surface area (Å²) in [6.07, 6.45) is -8.77. The van der Waals surface area contributed by atoms with Gasteiger partial charge in [-0.05, 0) is 29.3 Å². The Morgan fingerprint density at radius 1 is 1.14 bits per heavy atom. The van der Waals surface area contributed by atoms with E-state index in [0.717, 1.165) is 17.7 Å². The van der Waals surface area contributed by atoms with Crippen LogP contribution in [0.5, 0.6) is 5.75 Å². The Morgan fingerprint density at radius 3 is 2.46 bits per heavy atom. The van der Waals surface area contributed by atoms with Crippen LogP contribution >= 0.6 is 15.9 Å². The molecular weight excluding hydrogens is 447 g/mol. The summed E-state index contributed by atoms with van der Waals surface area (Å²) in [4.78, 5) is 11.7. The zero-order valence-electron chi connectivity index (χ0n) is 14.3. The third kappa shape index (κ3) is 7.37. The van der Waals surface area contributed by atoms with Crippen LogP contribution in [0.2, 0.25) is 0 Å². The number of nitrogens with one attached hydrogen (secondary N) is 1. The zero-order valence-corrected chi connectivity index (χ0v) is 15.9. The number of rotatable bonds is 7. The van der Waals surface area contributed by atoms with Crippen LogP contribution in [-0.4, -0.2) is 35.3 Å². The van der Waals surface area contributed by atoms with Crippen LogP contribution in [0.3, 0.4) is 0 Å². The topological polar surface area (TPSA) is 88.0 Å². The monoisotopic (exact) mass is 463 g/mol. The van der Waals surface area contributed by atoms with Crippen LogP contribution in [0, 0.1) is 0 Å². The molecule has 6 nitrogen and oxygen atoms in total. The second-order valence-electron chi connectivity index (χ2n) is 5.72. The molecule has 2 aromatic rings. The number of alkyl halides is 3. The van der Waals surface area contributed by atoms with E-state index in [1.165, 1.54) is 6.07 Å². The van der Waals surface area contributed by atoms with Gasteiger partial charge in [0.05, 0.1) is 0 Å². The van der Waals surface area contributed by atoms with E-state index in [-0.39, 0.29) is 23.2 Å². The van der Waals surface area contributed by atoms with Gasteiger partial charge in [-0.3, -0.25) is 0 Å². The van der Waals surface area contributed by atoms with Gasteiger partial charge in [-0.2, -0.15) is 0 Å². The molecule has 152 valence electrons. The largest absolute Gasteiger partial charge is 0.573 e. The number of ether oxygens (including phenoxy) is 2. The molecule has 0 fully saturated rings. The van der Waals surface area contributed by atoms with Gasteiger partial charge in [0, 0.05) is 11.0 Å². The fourth-order valence-electron chi connectivity index (χ4n) is 2.24. The number of halogens is 4. The zero-order chi connectivity index (χ0) is 20.7. The molecule has 1 amide bonds. The molecule has 0 saturated carbocycles. The van der Waals surface area contributed by atoms with Gasteiger partial charge in [-0.1, -0.05) is 46.3 Å². The molecule has 10 heteroatoms. The Labute approximate surface area is 167 Å². The molecule has 2 aromatic carbocycles. The normalized spacial score (nSPS) is 13.5. The molecule has 0 bridgehead atoms. The highest BCUT2D eigenvalue weighted by Gasteiger charge is 2.31. The minimum Gasteiger partial charge on any atom is -0.445 e. The Morgan fingerprint density at radius 2 is 1.82 bits per heavy atom. The number of carbonyl (C=O) groups is 1. The second kappa shape index (κ2) is 9.76. The van der Waals surface area contributed by atoms with Gasteiger partial charge < -0.3 is 25.0 Å². The molecule has 2 atom stereocenters. The molecule has 0 aliphatic rings. The Balaban J connectivity index is 1.89. The lowest BCUT2D eigenvalue weighted by Gasteiger charge is -2.20. The van der Waals surface area contributed by atoms with Gasteiger partial charge in [0.2, 0.25) is 0 Å². The van der Waals surface area contributed by atoms with Crippen molar-refractivity contribution in [3.05, 3.63) is 64.1 Å². The van der Waals surface area contributed by atoms with Crippen LogP contribution in [0.15, 0.2) is 53.0 Å². The lowest BCUT2D eigenvalue weighted by Crippen LogP contribution is -2.35. The summed E-state index contributed by atoms with van der Waals surface area (Å²) >= 11 is 3.01. The van der Waals surface area contributed by atoms with Gasteiger partial charge in [-0.15, -0.1) is 13.2 Å². The second-order valence-corrected chi connectivity index (χ2v) is 6.64. The molecule has 0 heterocycles. The third-order valence-corrected chi connectivity index (χ3v) is 3.96. The summed E-state index contributed by atoms with van der Waals surface area (Å²) < 4.78 is 46.1. The van der Waals surface area contributed by atoms with Crippen LogP contribution in [0.4, 0.5) is 18.0 Å². The maximum Gasteiger partial charge on any atom is 0.573 e. The van der Waals surface area contributed by atoms with Crippen LogP contribution in [0.25, 0.3) is 0 Å². The number of amides is 1. The average Bonchev–Trinajstić information content (AvgIpc) is 2.62. The fourth-order valence-corrected chi connectivity index (χ4v) is 2.73. The number of hydrogen-bond acceptors (Lipinski definition) is 5. The summed E-state index contributed by atoms with van der Waals surface area (Å²) in [6, 6.07) is 12.2. The van der Waals surface area contributed by atoms with E-state index in [0.29, 0.717) is 0 Å². The van der Waals surface area contributed by atoms with E-state index >= 15 is 0 Å². The molecule has 2 rings (SSSR count). The Hall–Kier alpha value is -2.30. The van der Waals surface area contributed by atoms with Crippen LogP contribution < -0.4 is 10.1 Å². The maximum absolute atomic E-state index is 12.4. The van der Waals surface area contributed by atoms with Crippen molar-refractivity contribution >= 4 is 22.0 Å². The van der Waals surface area contributed by atoms with Crippen molar-refractivity contribution < 1.29 is 37.7 Å². The van der Waals surface area contributed by atoms with Gasteiger partial charge >= 0.3 is 12.5 Å². The Kier molecular flexibility index (Phi) is 7.67. The van der Waals surface area contributed by atoms with E-state index in [4.69, 9.17) is 4.74 Å². The molecule has 0 aliphatic heterocycles. The van der Waals surface area contributed by atoms with Gasteiger partial charge in [0.1, 0.15) is 24.6 Å². The molecule has 0 aromatic heterocycles. The van der Waals surface area contributed by atoms with Gasteiger partial charge in [-0.25, -0.2) is 4.79 Å². The first-order valence-electron chi connectivity index (χ1n) is 8.01. The highest BCUT2D eigenvalue weighted by Crippen LogP contribution is 2.30. The molecule has 0 aliphatic carbocycles. The number of alkyl carbamates (subject to hydrolysis) is 1. The summed E-state index contributed by atoms with van der Waals surface area (Å²) in [5.74, 6) is -0.557. The van der Waals surface area contributed by atoms with E-state index in [1.807, 2.05) is 6.07 Å². The SMILES string of the molecule is O=C(NCC(O)C(O)c1cc(Br)cc(OC(F)(F)F)c1)OCc1ccccc1. The van der Waals surface area contributed by atoms with Crippen molar-refractivity contribution in [3.8, 4) is 5.75 Å². The first-order valence-corrected chi connectivity index (χ1v) is 8.80. The maximum atomic E-state index is 12.4. The van der Waals surface area contributed by atoms with Crippen molar-refractivity contribution in [1.82, 2.24) is 5.32 Å². The molecule has 0 saturated heterocycles. The summed E-state index contributed by atoms with van der Waals surface area (Å²) in [6.45, 7) is -0.355. The molecule has 28 heavy (non-hydrogen) atoms. The lowest BCUT2D eigenvalue weighted by atomic mass is 10.0. The first kappa shape index (κ1) is 22.0. The minimum absolute atomic E-state index is 0.0229. The molecule has 2 unspecified atom stereocenters.